The molecule has 2 unspecified atom stereocenters. The van der Waals surface area contributed by atoms with Crippen LogP contribution in [0.15, 0.2) is 35.9 Å². The highest BCUT2D eigenvalue weighted by molar-refractivity contribution is 6.46. The molecular weight excluding hydrogens is 500 g/mol. The number of hydrogen-bond acceptors (Lipinski definition) is 7. The Labute approximate surface area is 229 Å². The Morgan fingerprint density at radius 1 is 1.05 bits per heavy atom. The molecule has 1 fully saturated rings. The van der Waals surface area contributed by atoms with E-state index in [0.717, 1.165) is 30.9 Å². The second-order valence-electron chi connectivity index (χ2n) is 9.95. The van der Waals surface area contributed by atoms with Crippen LogP contribution >= 0.6 is 0 Å². The number of hydrogen-bond donors (Lipinski definition) is 1. The van der Waals surface area contributed by atoms with E-state index in [2.05, 4.69) is 13.8 Å². The first-order valence-corrected chi connectivity index (χ1v) is 13.5. The van der Waals surface area contributed by atoms with Gasteiger partial charge in [0.25, 0.3) is 5.91 Å². The van der Waals surface area contributed by atoms with Gasteiger partial charge in [-0.05, 0) is 61.7 Å². The molecule has 0 spiro atoms. The van der Waals surface area contributed by atoms with Gasteiger partial charge in [-0.15, -0.1) is 0 Å². The molecule has 0 saturated carbocycles. The Morgan fingerprint density at radius 2 is 1.72 bits per heavy atom. The minimum atomic E-state index is -0.888. The Bertz CT molecular complexity index is 1240. The zero-order valence-electron chi connectivity index (χ0n) is 23.6. The van der Waals surface area contributed by atoms with Crippen molar-refractivity contribution in [1.82, 2.24) is 4.90 Å². The SMILES string of the molecule is CC[NH+](CC)CCCN1C(=O)C(=O)/C(=C(/[O-])c2ccc3c(c2)CC(C)O3)C1c1cc(OC)c(OC)c(OC)c1. The molecule has 2 aliphatic rings. The molecule has 1 N–H and O–H groups in total. The maximum atomic E-state index is 14.0. The number of likely N-dealkylation sites (tertiary alicyclic amines) is 1. The minimum Gasteiger partial charge on any atom is -0.872 e. The number of ether oxygens (including phenoxy) is 4. The Kier molecular flexibility index (Phi) is 8.70. The van der Waals surface area contributed by atoms with Gasteiger partial charge in [-0.1, -0.05) is 11.8 Å². The molecular formula is C30H38N2O7. The number of rotatable bonds is 11. The number of amides is 1. The highest BCUT2D eigenvalue weighted by Crippen LogP contribution is 2.45. The highest BCUT2D eigenvalue weighted by atomic mass is 16.5. The van der Waals surface area contributed by atoms with Gasteiger partial charge in [-0.3, -0.25) is 9.59 Å². The molecule has 210 valence electrons. The van der Waals surface area contributed by atoms with Crippen LogP contribution in [-0.2, 0) is 16.0 Å². The molecule has 9 heteroatoms. The average Bonchev–Trinajstić information content (AvgIpc) is 3.44. The number of quaternary nitrogens is 1. The fourth-order valence-electron chi connectivity index (χ4n) is 5.53. The first-order valence-electron chi connectivity index (χ1n) is 13.5. The van der Waals surface area contributed by atoms with Gasteiger partial charge in [0.15, 0.2) is 11.5 Å². The van der Waals surface area contributed by atoms with E-state index in [9.17, 15) is 14.7 Å². The summed E-state index contributed by atoms with van der Waals surface area (Å²) in [6, 6.07) is 7.69. The fraction of sp³-hybridized carbons (Fsp3) is 0.467. The molecule has 0 radical (unpaired) electrons. The van der Waals surface area contributed by atoms with Crippen molar-refractivity contribution in [3.8, 4) is 23.0 Å². The first kappa shape index (κ1) is 28.3. The van der Waals surface area contributed by atoms with Crippen LogP contribution in [-0.4, -0.2) is 70.2 Å². The second-order valence-corrected chi connectivity index (χ2v) is 9.95. The second kappa shape index (κ2) is 12.0. The zero-order valence-corrected chi connectivity index (χ0v) is 23.6. The lowest BCUT2D eigenvalue weighted by atomic mass is 9.94. The van der Waals surface area contributed by atoms with E-state index < -0.39 is 23.5 Å². The lowest BCUT2D eigenvalue weighted by Crippen LogP contribution is -3.11. The fourth-order valence-corrected chi connectivity index (χ4v) is 5.53. The number of carbonyl (C=O) groups excluding carboxylic acids is 2. The normalized spacial score (nSPS) is 19.8. The number of fused-ring (bicyclic) bond motifs is 1. The molecule has 0 aliphatic carbocycles. The molecule has 4 rings (SSSR count). The highest BCUT2D eigenvalue weighted by Gasteiger charge is 2.44. The predicted molar refractivity (Wildman–Crippen MR) is 144 cm³/mol. The van der Waals surface area contributed by atoms with E-state index >= 15 is 0 Å². The lowest BCUT2D eigenvalue weighted by molar-refractivity contribution is -0.896. The van der Waals surface area contributed by atoms with Gasteiger partial charge >= 0.3 is 0 Å². The Morgan fingerprint density at radius 3 is 2.31 bits per heavy atom. The number of Topliss-reactive ketones (excluding diaryl/α,β-unsaturated/α-hetero) is 1. The molecule has 2 atom stereocenters. The number of nitrogens with one attached hydrogen (secondary N) is 1. The Hall–Kier alpha value is -3.72. The number of nitrogens with zero attached hydrogens (tertiary/aromatic N) is 1. The quantitative estimate of drug-likeness (QED) is 0.263. The maximum Gasteiger partial charge on any atom is 0.295 e. The standard InChI is InChI=1S/C30H38N2O7/c1-7-31(8-2)12-9-13-32-26(21-16-23(36-4)29(38-6)24(17-21)37-5)25(28(34)30(32)35)27(33)19-10-11-22-20(15-19)14-18(3)39-22/h10-11,15-18,26,33H,7-9,12-14H2,1-6H3/b27-25+. The van der Waals surface area contributed by atoms with Gasteiger partial charge < -0.3 is 33.9 Å². The molecule has 2 aliphatic heterocycles. The van der Waals surface area contributed by atoms with Crippen LogP contribution in [0.2, 0.25) is 0 Å². The van der Waals surface area contributed by atoms with Crippen molar-refractivity contribution in [2.75, 3.05) is 47.5 Å². The van der Waals surface area contributed by atoms with E-state index in [1.807, 2.05) is 6.92 Å². The summed E-state index contributed by atoms with van der Waals surface area (Å²) >= 11 is 0. The van der Waals surface area contributed by atoms with Gasteiger partial charge in [-0.2, -0.15) is 0 Å². The van der Waals surface area contributed by atoms with Crippen molar-refractivity contribution in [2.45, 2.75) is 45.8 Å². The molecule has 0 aromatic heterocycles. The van der Waals surface area contributed by atoms with Gasteiger partial charge in [0.05, 0.1) is 47.0 Å². The van der Waals surface area contributed by atoms with Crippen LogP contribution in [0.25, 0.3) is 5.76 Å². The average molecular weight is 539 g/mol. The van der Waals surface area contributed by atoms with Crippen LogP contribution in [0.5, 0.6) is 23.0 Å². The summed E-state index contributed by atoms with van der Waals surface area (Å²) in [7, 11) is 4.50. The minimum absolute atomic E-state index is 0.0168. The molecule has 1 amide bonds. The smallest absolute Gasteiger partial charge is 0.295 e. The van der Waals surface area contributed by atoms with Crippen molar-refractivity contribution in [2.24, 2.45) is 0 Å². The van der Waals surface area contributed by atoms with Crippen LogP contribution in [0.3, 0.4) is 0 Å². The third kappa shape index (κ3) is 5.41. The number of benzene rings is 2. The summed E-state index contributed by atoms with van der Waals surface area (Å²) in [6.07, 6.45) is 1.38. The molecule has 2 heterocycles. The number of methoxy groups -OCH3 is 3. The van der Waals surface area contributed by atoms with Crippen LogP contribution < -0.4 is 29.0 Å². The maximum absolute atomic E-state index is 14.0. The molecule has 39 heavy (non-hydrogen) atoms. The molecule has 9 nitrogen and oxygen atoms in total. The van der Waals surface area contributed by atoms with E-state index in [-0.39, 0.29) is 11.7 Å². The monoisotopic (exact) mass is 538 g/mol. The van der Waals surface area contributed by atoms with Crippen LogP contribution in [0, 0.1) is 0 Å². The summed E-state index contributed by atoms with van der Waals surface area (Å²) in [5, 5.41) is 14.0. The van der Waals surface area contributed by atoms with Crippen molar-refractivity contribution in [3.63, 3.8) is 0 Å². The van der Waals surface area contributed by atoms with Crippen molar-refractivity contribution < 1.29 is 38.5 Å². The lowest BCUT2D eigenvalue weighted by Gasteiger charge is -2.29. The molecule has 1 saturated heterocycles. The topological polar surface area (TPSA) is 102 Å². The number of carbonyl (C=O) groups is 2. The first-order chi connectivity index (χ1) is 18.8. The summed E-state index contributed by atoms with van der Waals surface area (Å²) in [5.41, 5.74) is 1.74. The summed E-state index contributed by atoms with van der Waals surface area (Å²) in [5.74, 6) is -0.0466. The molecule has 0 bridgehead atoms. The largest absolute Gasteiger partial charge is 0.872 e. The Balaban J connectivity index is 1.83. The van der Waals surface area contributed by atoms with Gasteiger partial charge in [-0.25, -0.2) is 0 Å². The van der Waals surface area contributed by atoms with E-state index in [1.165, 1.54) is 31.1 Å². The van der Waals surface area contributed by atoms with Crippen LogP contribution in [0.1, 0.15) is 49.9 Å². The van der Waals surface area contributed by atoms with Crippen molar-refractivity contribution in [3.05, 3.63) is 52.6 Å². The van der Waals surface area contributed by atoms with Gasteiger partial charge in [0.1, 0.15) is 11.9 Å². The van der Waals surface area contributed by atoms with Gasteiger partial charge in [0, 0.05) is 25.0 Å². The third-order valence-electron chi connectivity index (χ3n) is 7.62. The summed E-state index contributed by atoms with van der Waals surface area (Å²) in [6.45, 7) is 9.32. The zero-order chi connectivity index (χ0) is 28.3. The van der Waals surface area contributed by atoms with Crippen molar-refractivity contribution >= 4 is 17.4 Å². The van der Waals surface area contributed by atoms with E-state index in [0.29, 0.717) is 47.8 Å². The van der Waals surface area contributed by atoms with Crippen molar-refractivity contribution in [1.29, 1.82) is 0 Å². The molecule has 2 aromatic rings. The third-order valence-corrected chi connectivity index (χ3v) is 7.62. The van der Waals surface area contributed by atoms with E-state index in [1.54, 1.807) is 30.3 Å². The number of ketones is 1. The van der Waals surface area contributed by atoms with Crippen LogP contribution in [0.4, 0.5) is 0 Å². The predicted octanol–water partition coefficient (Wildman–Crippen LogP) is 1.57. The summed E-state index contributed by atoms with van der Waals surface area (Å²) < 4.78 is 22.3. The molecule has 2 aromatic carbocycles. The van der Waals surface area contributed by atoms with Gasteiger partial charge in [0.2, 0.25) is 11.5 Å². The summed E-state index contributed by atoms with van der Waals surface area (Å²) in [4.78, 5) is 29.8. The van der Waals surface area contributed by atoms with E-state index in [4.69, 9.17) is 18.9 Å².